The largest absolute Gasteiger partial charge is 0.464 e. The molecule has 6 heteroatoms. The highest BCUT2D eigenvalue weighted by molar-refractivity contribution is 9.26. The van der Waals surface area contributed by atoms with Gasteiger partial charge in [0.15, 0.2) is 0 Å². The molecule has 0 atom stereocenters. The predicted octanol–water partition coefficient (Wildman–Crippen LogP) is 3.68. The fraction of sp³-hybridized carbons (Fsp3) is 0.273. The molecule has 1 rings (SSSR count). The van der Waals surface area contributed by atoms with E-state index in [1.807, 2.05) is 0 Å². The molecule has 0 heterocycles. The molecular weight excluding hydrogens is 420 g/mol. The highest BCUT2D eigenvalue weighted by Gasteiger charge is 2.42. The van der Waals surface area contributed by atoms with Gasteiger partial charge in [0.2, 0.25) is 9.02 Å². The van der Waals surface area contributed by atoms with Crippen LogP contribution in [0.2, 0.25) is 0 Å². The first-order valence-corrected chi connectivity index (χ1v) is 7.13. The molecule has 0 spiro atoms. The van der Waals surface area contributed by atoms with Gasteiger partial charge in [-0.25, -0.2) is 4.79 Å². The first kappa shape index (κ1) is 14.9. The minimum absolute atomic E-state index is 0.214. The Hall–Kier alpha value is -0.200. The van der Waals surface area contributed by atoms with Gasteiger partial charge in [-0.15, -0.1) is 0 Å². The second kappa shape index (κ2) is 6.11. The van der Waals surface area contributed by atoms with Crippen molar-refractivity contribution in [2.45, 2.75) is 10.2 Å². The monoisotopic (exact) mass is 426 g/mol. The highest BCUT2D eigenvalue weighted by atomic mass is 79.9. The summed E-state index contributed by atoms with van der Waals surface area (Å²) >= 11 is 9.37. The van der Waals surface area contributed by atoms with Crippen molar-refractivity contribution in [2.24, 2.45) is 0 Å². The standard InChI is InChI=1S/C11H9Br3O3/c1-2-17-10(16)11(13,14)9(15)7-3-5-8(12)6-4-7/h3-6H,2H2,1H3. The smallest absolute Gasteiger partial charge is 0.342 e. The van der Waals surface area contributed by atoms with Gasteiger partial charge in [-0.2, -0.15) is 0 Å². The summed E-state index contributed by atoms with van der Waals surface area (Å²) in [5, 5.41) is 0. The van der Waals surface area contributed by atoms with Crippen molar-refractivity contribution >= 4 is 59.5 Å². The molecule has 0 amide bonds. The van der Waals surface area contributed by atoms with Crippen LogP contribution < -0.4 is 0 Å². The molecule has 1 aromatic rings. The zero-order valence-electron chi connectivity index (χ0n) is 8.88. The van der Waals surface area contributed by atoms with Crippen LogP contribution in [-0.4, -0.2) is 21.6 Å². The van der Waals surface area contributed by atoms with E-state index >= 15 is 0 Å². The molecule has 17 heavy (non-hydrogen) atoms. The molecule has 0 N–H and O–H groups in total. The van der Waals surface area contributed by atoms with Gasteiger partial charge in [-0.1, -0.05) is 59.9 Å². The molecule has 0 aliphatic rings. The first-order valence-electron chi connectivity index (χ1n) is 4.75. The summed E-state index contributed by atoms with van der Waals surface area (Å²) in [6.45, 7) is 1.89. The topological polar surface area (TPSA) is 43.4 Å². The lowest BCUT2D eigenvalue weighted by atomic mass is 10.1. The van der Waals surface area contributed by atoms with Gasteiger partial charge in [-0.05, 0) is 19.1 Å². The van der Waals surface area contributed by atoms with Gasteiger partial charge in [0, 0.05) is 10.0 Å². The van der Waals surface area contributed by atoms with E-state index in [0.29, 0.717) is 5.56 Å². The molecule has 0 unspecified atom stereocenters. The van der Waals surface area contributed by atoms with E-state index in [0.717, 1.165) is 4.47 Å². The summed E-state index contributed by atoms with van der Waals surface area (Å²) in [6.07, 6.45) is 0. The number of halogens is 3. The second-order valence-electron chi connectivity index (χ2n) is 3.13. The Labute approximate surface area is 124 Å². The van der Waals surface area contributed by atoms with E-state index in [-0.39, 0.29) is 6.61 Å². The van der Waals surface area contributed by atoms with Crippen molar-refractivity contribution < 1.29 is 14.3 Å². The number of Topliss-reactive ketones (excluding diaryl/α,β-unsaturated/α-hetero) is 1. The van der Waals surface area contributed by atoms with E-state index in [1.54, 1.807) is 31.2 Å². The van der Waals surface area contributed by atoms with E-state index in [9.17, 15) is 9.59 Å². The van der Waals surface area contributed by atoms with Crippen LogP contribution in [-0.2, 0) is 9.53 Å². The van der Waals surface area contributed by atoms with Crippen LogP contribution in [0, 0.1) is 0 Å². The van der Waals surface area contributed by atoms with Gasteiger partial charge in [0.1, 0.15) is 0 Å². The summed E-state index contributed by atoms with van der Waals surface area (Å²) in [6, 6.07) is 6.72. The Morgan fingerprint density at radius 3 is 2.24 bits per heavy atom. The Morgan fingerprint density at radius 2 is 1.76 bits per heavy atom. The lowest BCUT2D eigenvalue weighted by Crippen LogP contribution is -2.36. The number of esters is 1. The number of hydrogen-bond acceptors (Lipinski definition) is 3. The maximum atomic E-state index is 12.1. The quantitative estimate of drug-likeness (QED) is 0.318. The van der Waals surface area contributed by atoms with E-state index in [4.69, 9.17) is 4.74 Å². The number of carbonyl (C=O) groups is 2. The highest BCUT2D eigenvalue weighted by Crippen LogP contribution is 2.32. The molecule has 92 valence electrons. The van der Waals surface area contributed by atoms with Crippen molar-refractivity contribution in [1.82, 2.24) is 0 Å². The molecular formula is C11H9Br3O3. The Bertz CT molecular complexity index is 426. The Kier molecular flexibility index (Phi) is 5.34. The number of ether oxygens (including phenoxy) is 1. The zero-order valence-corrected chi connectivity index (χ0v) is 13.6. The normalized spacial score (nSPS) is 11.1. The molecule has 3 nitrogen and oxygen atoms in total. The predicted molar refractivity (Wildman–Crippen MR) is 75.7 cm³/mol. The van der Waals surface area contributed by atoms with E-state index in [1.165, 1.54) is 0 Å². The summed E-state index contributed by atoms with van der Waals surface area (Å²) in [4.78, 5) is 23.7. The van der Waals surface area contributed by atoms with Crippen LogP contribution in [0.5, 0.6) is 0 Å². The van der Waals surface area contributed by atoms with Crippen molar-refractivity contribution in [2.75, 3.05) is 6.61 Å². The number of hydrogen-bond donors (Lipinski definition) is 0. The lowest BCUT2D eigenvalue weighted by Gasteiger charge is -2.17. The van der Waals surface area contributed by atoms with Crippen LogP contribution in [0.3, 0.4) is 0 Å². The van der Waals surface area contributed by atoms with Crippen LogP contribution in [0.25, 0.3) is 0 Å². The number of carbonyl (C=O) groups excluding carboxylic acids is 2. The molecule has 0 aromatic heterocycles. The SMILES string of the molecule is CCOC(=O)C(Br)(Br)C(=O)c1ccc(Br)cc1. The molecule has 0 bridgehead atoms. The average Bonchev–Trinajstić information content (AvgIpc) is 2.29. The van der Waals surface area contributed by atoms with Crippen LogP contribution in [0.15, 0.2) is 28.7 Å². The van der Waals surface area contributed by atoms with Crippen molar-refractivity contribution in [3.05, 3.63) is 34.3 Å². The molecule has 0 saturated carbocycles. The molecule has 0 aliphatic carbocycles. The van der Waals surface area contributed by atoms with E-state index < -0.39 is 15.0 Å². The van der Waals surface area contributed by atoms with Crippen LogP contribution in [0.1, 0.15) is 17.3 Å². The van der Waals surface area contributed by atoms with Gasteiger partial charge < -0.3 is 4.74 Å². The third-order valence-corrected chi connectivity index (χ3v) is 3.82. The maximum Gasteiger partial charge on any atom is 0.342 e. The van der Waals surface area contributed by atoms with Crippen LogP contribution in [0.4, 0.5) is 0 Å². The maximum absolute atomic E-state index is 12.1. The molecule has 1 aromatic carbocycles. The Balaban J connectivity index is 2.95. The van der Waals surface area contributed by atoms with Crippen molar-refractivity contribution in [3.8, 4) is 0 Å². The lowest BCUT2D eigenvalue weighted by molar-refractivity contribution is -0.141. The minimum Gasteiger partial charge on any atom is -0.464 e. The number of rotatable bonds is 4. The summed E-state index contributed by atoms with van der Waals surface area (Å²) in [5.41, 5.74) is 0.412. The van der Waals surface area contributed by atoms with Gasteiger partial charge in [0.05, 0.1) is 6.61 Å². The third kappa shape index (κ3) is 3.63. The van der Waals surface area contributed by atoms with Gasteiger partial charge in [-0.3, -0.25) is 4.79 Å². The summed E-state index contributed by atoms with van der Waals surface area (Å²) < 4.78 is 4.15. The number of ketones is 1. The number of alkyl halides is 2. The van der Waals surface area contributed by atoms with Crippen LogP contribution >= 0.6 is 47.8 Å². The van der Waals surface area contributed by atoms with Gasteiger partial charge >= 0.3 is 5.97 Å². The molecule has 0 saturated heterocycles. The first-order chi connectivity index (χ1) is 7.89. The fourth-order valence-corrected chi connectivity index (χ4v) is 2.05. The van der Waals surface area contributed by atoms with Crippen molar-refractivity contribution in [1.29, 1.82) is 0 Å². The Morgan fingerprint density at radius 1 is 1.24 bits per heavy atom. The molecule has 0 aliphatic heterocycles. The van der Waals surface area contributed by atoms with Gasteiger partial charge in [0.25, 0.3) is 0 Å². The minimum atomic E-state index is -1.52. The molecule has 0 fully saturated rings. The number of benzene rings is 1. The van der Waals surface area contributed by atoms with Crippen molar-refractivity contribution in [3.63, 3.8) is 0 Å². The molecule has 0 radical (unpaired) electrons. The summed E-state index contributed by atoms with van der Waals surface area (Å²) in [7, 11) is 0. The third-order valence-electron chi connectivity index (χ3n) is 1.92. The average molecular weight is 429 g/mol. The second-order valence-corrected chi connectivity index (χ2v) is 7.49. The van der Waals surface area contributed by atoms with E-state index in [2.05, 4.69) is 47.8 Å². The zero-order chi connectivity index (χ0) is 13.1. The fourth-order valence-electron chi connectivity index (χ4n) is 1.10. The summed E-state index contributed by atoms with van der Waals surface area (Å²) in [5.74, 6) is -1.06.